The third-order valence-electron chi connectivity index (χ3n) is 3.34. The van der Waals surface area contributed by atoms with Crippen molar-refractivity contribution in [1.82, 2.24) is 9.71 Å². The highest BCUT2D eigenvalue weighted by Gasteiger charge is 2.17. The van der Waals surface area contributed by atoms with Gasteiger partial charge in [-0.05, 0) is 41.3 Å². The van der Waals surface area contributed by atoms with Gasteiger partial charge in [0.1, 0.15) is 0 Å². The van der Waals surface area contributed by atoms with Crippen molar-refractivity contribution >= 4 is 21.4 Å². The zero-order chi connectivity index (χ0) is 17.2. The predicted octanol–water partition coefficient (Wildman–Crippen LogP) is 3.57. The van der Waals surface area contributed by atoms with Crippen LogP contribution < -0.4 is 4.72 Å². The molecule has 0 saturated heterocycles. The first-order valence-corrected chi connectivity index (χ1v) is 9.31. The SMILES string of the molecule is O=S(=O)(NCc1cccnc1-c1ccsc1)c1ccc(F)c(F)c1. The van der Waals surface area contributed by atoms with Crippen molar-refractivity contribution in [1.29, 1.82) is 0 Å². The summed E-state index contributed by atoms with van der Waals surface area (Å²) in [7, 11) is -3.97. The summed E-state index contributed by atoms with van der Waals surface area (Å²) in [6.07, 6.45) is 1.63. The number of benzene rings is 1. The van der Waals surface area contributed by atoms with Crippen LogP contribution in [0.2, 0.25) is 0 Å². The number of rotatable bonds is 5. The lowest BCUT2D eigenvalue weighted by Crippen LogP contribution is -2.23. The minimum Gasteiger partial charge on any atom is -0.256 e. The average molecular weight is 366 g/mol. The van der Waals surface area contributed by atoms with E-state index in [9.17, 15) is 17.2 Å². The standard InChI is InChI=1S/C16H12F2N2O2S2/c17-14-4-3-13(8-15(14)18)24(21,22)20-9-11-2-1-6-19-16(11)12-5-7-23-10-12/h1-8,10,20H,9H2. The molecule has 0 atom stereocenters. The van der Waals surface area contributed by atoms with Gasteiger partial charge in [-0.1, -0.05) is 6.07 Å². The molecule has 124 valence electrons. The second-order valence-corrected chi connectivity index (χ2v) is 7.47. The van der Waals surface area contributed by atoms with Gasteiger partial charge in [0.15, 0.2) is 11.6 Å². The van der Waals surface area contributed by atoms with Gasteiger partial charge in [0.25, 0.3) is 0 Å². The first-order valence-electron chi connectivity index (χ1n) is 6.88. The number of pyridine rings is 1. The Morgan fingerprint density at radius 1 is 1.12 bits per heavy atom. The Kier molecular flexibility index (Phi) is 4.70. The smallest absolute Gasteiger partial charge is 0.240 e. The molecule has 0 aliphatic carbocycles. The first-order chi connectivity index (χ1) is 11.5. The van der Waals surface area contributed by atoms with Crippen molar-refractivity contribution in [3.63, 3.8) is 0 Å². The van der Waals surface area contributed by atoms with E-state index >= 15 is 0 Å². The molecule has 1 aromatic carbocycles. The van der Waals surface area contributed by atoms with E-state index in [1.165, 1.54) is 11.3 Å². The number of nitrogens with one attached hydrogen (secondary N) is 1. The topological polar surface area (TPSA) is 59.1 Å². The molecule has 4 nitrogen and oxygen atoms in total. The van der Waals surface area contributed by atoms with E-state index in [0.29, 0.717) is 17.3 Å². The van der Waals surface area contributed by atoms with E-state index in [1.54, 1.807) is 18.3 Å². The monoisotopic (exact) mass is 366 g/mol. The summed E-state index contributed by atoms with van der Waals surface area (Å²) in [5, 5.41) is 3.81. The average Bonchev–Trinajstić information content (AvgIpc) is 3.10. The van der Waals surface area contributed by atoms with E-state index in [1.807, 2.05) is 16.8 Å². The Morgan fingerprint density at radius 3 is 2.67 bits per heavy atom. The minimum absolute atomic E-state index is 0.0135. The summed E-state index contributed by atoms with van der Waals surface area (Å²) >= 11 is 1.51. The Bertz CT molecular complexity index is 958. The second-order valence-electron chi connectivity index (χ2n) is 4.92. The largest absolute Gasteiger partial charge is 0.256 e. The van der Waals surface area contributed by atoms with Crippen molar-refractivity contribution in [3.8, 4) is 11.3 Å². The number of hydrogen-bond acceptors (Lipinski definition) is 4. The van der Waals surface area contributed by atoms with E-state index in [0.717, 1.165) is 17.7 Å². The quantitative estimate of drug-likeness (QED) is 0.751. The van der Waals surface area contributed by atoms with Crippen LogP contribution in [0.15, 0.2) is 58.3 Å². The highest BCUT2D eigenvalue weighted by atomic mass is 32.2. The third kappa shape index (κ3) is 3.50. The lowest BCUT2D eigenvalue weighted by molar-refractivity contribution is 0.504. The van der Waals surface area contributed by atoms with Crippen molar-refractivity contribution in [2.24, 2.45) is 0 Å². The van der Waals surface area contributed by atoms with Crippen LogP contribution in [-0.2, 0) is 16.6 Å². The van der Waals surface area contributed by atoms with E-state index in [4.69, 9.17) is 0 Å². The van der Waals surface area contributed by atoms with Crippen LogP contribution in [0.5, 0.6) is 0 Å². The Hall–Kier alpha value is -2.16. The predicted molar refractivity (Wildman–Crippen MR) is 87.9 cm³/mol. The highest BCUT2D eigenvalue weighted by molar-refractivity contribution is 7.89. The van der Waals surface area contributed by atoms with Gasteiger partial charge in [-0.25, -0.2) is 21.9 Å². The van der Waals surface area contributed by atoms with Crippen molar-refractivity contribution < 1.29 is 17.2 Å². The molecule has 0 spiro atoms. The van der Waals surface area contributed by atoms with Gasteiger partial charge in [0.2, 0.25) is 10.0 Å². The van der Waals surface area contributed by atoms with Gasteiger partial charge in [-0.3, -0.25) is 4.98 Å². The van der Waals surface area contributed by atoms with E-state index in [-0.39, 0.29) is 11.4 Å². The number of aromatic nitrogens is 1. The van der Waals surface area contributed by atoms with E-state index in [2.05, 4.69) is 9.71 Å². The fourth-order valence-corrected chi connectivity index (χ4v) is 3.80. The lowest BCUT2D eigenvalue weighted by Gasteiger charge is -2.10. The van der Waals surface area contributed by atoms with Gasteiger partial charge in [0, 0.05) is 23.7 Å². The highest BCUT2D eigenvalue weighted by Crippen LogP contribution is 2.24. The zero-order valence-corrected chi connectivity index (χ0v) is 13.9. The van der Waals surface area contributed by atoms with Gasteiger partial charge < -0.3 is 0 Å². The molecule has 2 heterocycles. The molecule has 0 fully saturated rings. The Labute approximate surface area is 141 Å². The van der Waals surface area contributed by atoms with Gasteiger partial charge in [-0.2, -0.15) is 11.3 Å². The normalized spacial score (nSPS) is 11.6. The molecule has 24 heavy (non-hydrogen) atoms. The number of nitrogens with zero attached hydrogens (tertiary/aromatic N) is 1. The fraction of sp³-hybridized carbons (Fsp3) is 0.0625. The molecule has 1 N–H and O–H groups in total. The maximum absolute atomic E-state index is 13.2. The Balaban J connectivity index is 1.84. The summed E-state index contributed by atoms with van der Waals surface area (Å²) in [5.41, 5.74) is 2.25. The molecule has 3 rings (SSSR count). The molecule has 0 saturated carbocycles. The zero-order valence-electron chi connectivity index (χ0n) is 12.2. The molecule has 0 bridgehead atoms. The second kappa shape index (κ2) is 6.76. The maximum atomic E-state index is 13.2. The van der Waals surface area contributed by atoms with Crippen LogP contribution in [0.4, 0.5) is 8.78 Å². The molecule has 8 heteroatoms. The maximum Gasteiger partial charge on any atom is 0.240 e. The summed E-state index contributed by atoms with van der Waals surface area (Å²) < 4.78 is 53.1. The molecule has 0 aliphatic rings. The summed E-state index contributed by atoms with van der Waals surface area (Å²) in [5.74, 6) is -2.31. The molecular weight excluding hydrogens is 354 g/mol. The number of hydrogen-bond donors (Lipinski definition) is 1. The molecule has 2 aromatic heterocycles. The van der Waals surface area contributed by atoms with Gasteiger partial charge in [-0.15, -0.1) is 0 Å². The third-order valence-corrected chi connectivity index (χ3v) is 5.42. The van der Waals surface area contributed by atoms with Crippen molar-refractivity contribution in [2.75, 3.05) is 0 Å². The molecule has 0 unspecified atom stereocenters. The van der Waals surface area contributed by atoms with Crippen LogP contribution in [0.1, 0.15) is 5.56 Å². The number of thiophene rings is 1. The molecule has 0 aliphatic heterocycles. The van der Waals surface area contributed by atoms with Crippen LogP contribution >= 0.6 is 11.3 Å². The summed E-state index contributed by atoms with van der Waals surface area (Å²) in [4.78, 5) is 3.95. The minimum atomic E-state index is -3.97. The van der Waals surface area contributed by atoms with E-state index < -0.39 is 21.7 Å². The number of sulfonamides is 1. The van der Waals surface area contributed by atoms with Gasteiger partial charge in [0.05, 0.1) is 10.6 Å². The van der Waals surface area contributed by atoms with Gasteiger partial charge >= 0.3 is 0 Å². The lowest BCUT2D eigenvalue weighted by atomic mass is 10.1. The summed E-state index contributed by atoms with van der Waals surface area (Å²) in [6, 6.07) is 7.81. The van der Waals surface area contributed by atoms with Crippen molar-refractivity contribution in [2.45, 2.75) is 11.4 Å². The number of halogens is 2. The Morgan fingerprint density at radius 2 is 1.96 bits per heavy atom. The molecule has 0 amide bonds. The molecule has 0 radical (unpaired) electrons. The van der Waals surface area contributed by atoms with Crippen molar-refractivity contribution in [3.05, 3.63) is 70.6 Å². The summed E-state index contributed by atoms with van der Waals surface area (Å²) in [6.45, 7) is -0.0135. The molecular formula is C16H12F2N2O2S2. The van der Waals surface area contributed by atoms with Crippen LogP contribution in [-0.4, -0.2) is 13.4 Å². The van der Waals surface area contributed by atoms with Crippen LogP contribution in [0.3, 0.4) is 0 Å². The fourth-order valence-electron chi connectivity index (χ4n) is 2.14. The molecule has 3 aromatic rings. The van der Waals surface area contributed by atoms with Crippen LogP contribution in [0.25, 0.3) is 11.3 Å². The van der Waals surface area contributed by atoms with Crippen LogP contribution in [0, 0.1) is 11.6 Å². The first kappa shape index (κ1) is 16.7.